The lowest BCUT2D eigenvalue weighted by Gasteiger charge is -2.36. The van der Waals surface area contributed by atoms with E-state index in [4.69, 9.17) is 0 Å². The molecule has 0 saturated carbocycles. The maximum atomic E-state index is 12.4. The van der Waals surface area contributed by atoms with Crippen molar-refractivity contribution >= 4 is 5.78 Å². The van der Waals surface area contributed by atoms with Gasteiger partial charge in [0.25, 0.3) is 0 Å². The van der Waals surface area contributed by atoms with E-state index in [2.05, 4.69) is 11.8 Å². The molecule has 2 atom stereocenters. The lowest BCUT2D eigenvalue weighted by atomic mass is 9.98. The van der Waals surface area contributed by atoms with Crippen LogP contribution in [0.5, 0.6) is 0 Å². The van der Waals surface area contributed by atoms with Gasteiger partial charge in [0, 0.05) is 17.6 Å². The average Bonchev–Trinajstić information content (AvgIpc) is 2.70. The molecule has 2 bridgehead atoms. The molecule has 2 aliphatic heterocycles. The standard InChI is InChI=1S/C17H23NO2/c1-2-12-3-5-13(6-4-12)17(20)11-18-14-7-8-15(18)10-16(19)9-14/h3-6,14-16,19H,2,7-11H2,1H3. The number of ketones is 1. The Morgan fingerprint density at radius 1 is 1.20 bits per heavy atom. The van der Waals surface area contributed by atoms with E-state index in [1.807, 2.05) is 24.3 Å². The third-order valence-corrected chi connectivity index (χ3v) is 4.87. The second-order valence-corrected chi connectivity index (χ2v) is 6.16. The van der Waals surface area contributed by atoms with Gasteiger partial charge in [-0.3, -0.25) is 9.69 Å². The number of aryl methyl sites for hydroxylation is 1. The Morgan fingerprint density at radius 3 is 2.35 bits per heavy atom. The third-order valence-electron chi connectivity index (χ3n) is 4.87. The van der Waals surface area contributed by atoms with Gasteiger partial charge >= 0.3 is 0 Å². The summed E-state index contributed by atoms with van der Waals surface area (Å²) < 4.78 is 0. The van der Waals surface area contributed by atoms with E-state index in [0.717, 1.165) is 37.7 Å². The van der Waals surface area contributed by atoms with Crippen molar-refractivity contribution < 1.29 is 9.90 Å². The van der Waals surface area contributed by atoms with Gasteiger partial charge in [-0.25, -0.2) is 0 Å². The van der Waals surface area contributed by atoms with E-state index in [9.17, 15) is 9.90 Å². The summed E-state index contributed by atoms with van der Waals surface area (Å²) in [7, 11) is 0. The van der Waals surface area contributed by atoms with Crippen molar-refractivity contribution in [3.8, 4) is 0 Å². The van der Waals surface area contributed by atoms with Gasteiger partial charge in [0.2, 0.25) is 0 Å². The summed E-state index contributed by atoms with van der Waals surface area (Å²) in [4.78, 5) is 14.7. The molecule has 108 valence electrons. The van der Waals surface area contributed by atoms with Gasteiger partial charge in [0.05, 0.1) is 12.6 Å². The molecule has 3 heteroatoms. The summed E-state index contributed by atoms with van der Waals surface area (Å²) in [6, 6.07) is 8.79. The van der Waals surface area contributed by atoms with Crippen LogP contribution in [-0.2, 0) is 6.42 Å². The van der Waals surface area contributed by atoms with Crippen LogP contribution >= 0.6 is 0 Å². The zero-order valence-corrected chi connectivity index (χ0v) is 12.1. The van der Waals surface area contributed by atoms with Crippen LogP contribution in [0.25, 0.3) is 0 Å². The van der Waals surface area contributed by atoms with Crippen molar-refractivity contribution in [1.82, 2.24) is 4.90 Å². The van der Waals surface area contributed by atoms with Crippen LogP contribution in [0.3, 0.4) is 0 Å². The summed E-state index contributed by atoms with van der Waals surface area (Å²) in [6.45, 7) is 2.63. The molecule has 1 aromatic rings. The first-order chi connectivity index (χ1) is 9.67. The van der Waals surface area contributed by atoms with Gasteiger partial charge in [-0.2, -0.15) is 0 Å². The molecule has 0 aromatic heterocycles. The highest BCUT2D eigenvalue weighted by Gasteiger charge is 2.40. The fourth-order valence-corrected chi connectivity index (χ4v) is 3.69. The molecular weight excluding hydrogens is 250 g/mol. The largest absolute Gasteiger partial charge is 0.393 e. The molecule has 1 aromatic carbocycles. The first-order valence-corrected chi connectivity index (χ1v) is 7.73. The summed E-state index contributed by atoms with van der Waals surface area (Å²) >= 11 is 0. The normalized spacial score (nSPS) is 29.6. The van der Waals surface area contributed by atoms with E-state index >= 15 is 0 Å². The predicted octanol–water partition coefficient (Wildman–Crippen LogP) is 2.42. The summed E-state index contributed by atoms with van der Waals surface area (Å²) in [5.74, 6) is 0.209. The van der Waals surface area contributed by atoms with Gasteiger partial charge in [0.15, 0.2) is 5.78 Å². The van der Waals surface area contributed by atoms with Crippen LogP contribution in [0.15, 0.2) is 24.3 Å². The zero-order valence-electron chi connectivity index (χ0n) is 12.1. The topological polar surface area (TPSA) is 40.5 Å². The number of hydrogen-bond acceptors (Lipinski definition) is 3. The maximum Gasteiger partial charge on any atom is 0.176 e. The number of hydrogen-bond donors (Lipinski definition) is 1. The van der Waals surface area contributed by atoms with Gasteiger partial charge in [0.1, 0.15) is 0 Å². The number of Topliss-reactive ketones (excluding diaryl/α,β-unsaturated/α-hetero) is 1. The number of carbonyl (C=O) groups is 1. The van der Waals surface area contributed by atoms with E-state index in [1.165, 1.54) is 5.56 Å². The number of benzene rings is 1. The Labute approximate surface area is 120 Å². The Bertz CT molecular complexity index is 468. The van der Waals surface area contributed by atoms with E-state index in [1.54, 1.807) is 0 Å². The monoisotopic (exact) mass is 273 g/mol. The number of aliphatic hydroxyl groups excluding tert-OH is 1. The molecule has 2 heterocycles. The summed E-state index contributed by atoms with van der Waals surface area (Å²) in [6.07, 6.45) is 4.76. The second-order valence-electron chi connectivity index (χ2n) is 6.16. The molecule has 2 aliphatic rings. The van der Waals surface area contributed by atoms with Gasteiger partial charge in [-0.15, -0.1) is 0 Å². The number of rotatable bonds is 4. The first-order valence-electron chi connectivity index (χ1n) is 7.73. The quantitative estimate of drug-likeness (QED) is 0.857. The molecule has 3 rings (SSSR count). The number of nitrogens with zero attached hydrogens (tertiary/aromatic N) is 1. The molecule has 2 saturated heterocycles. The highest BCUT2D eigenvalue weighted by Crippen LogP contribution is 2.35. The van der Waals surface area contributed by atoms with Crippen LogP contribution in [0, 0.1) is 0 Å². The van der Waals surface area contributed by atoms with E-state index < -0.39 is 0 Å². The molecule has 20 heavy (non-hydrogen) atoms. The molecule has 1 N–H and O–H groups in total. The number of fused-ring (bicyclic) bond motifs is 2. The molecule has 3 nitrogen and oxygen atoms in total. The van der Waals surface area contributed by atoms with Gasteiger partial charge in [-0.1, -0.05) is 31.2 Å². The SMILES string of the molecule is CCc1ccc(C(=O)CN2C3CCC2CC(O)C3)cc1. The number of aliphatic hydroxyl groups is 1. The number of piperidine rings is 1. The van der Waals surface area contributed by atoms with Gasteiger partial charge < -0.3 is 5.11 Å². The zero-order chi connectivity index (χ0) is 14.1. The fourth-order valence-electron chi connectivity index (χ4n) is 3.69. The lowest BCUT2D eigenvalue weighted by molar-refractivity contribution is 0.0344. The fraction of sp³-hybridized carbons (Fsp3) is 0.588. The minimum atomic E-state index is -0.164. The van der Waals surface area contributed by atoms with Crippen LogP contribution in [-0.4, -0.2) is 40.5 Å². The van der Waals surface area contributed by atoms with Crippen molar-refractivity contribution in [3.05, 3.63) is 35.4 Å². The summed E-state index contributed by atoms with van der Waals surface area (Å²) in [5.41, 5.74) is 2.08. The highest BCUT2D eigenvalue weighted by molar-refractivity contribution is 5.97. The Kier molecular flexibility index (Phi) is 3.90. The number of carbonyl (C=O) groups excluding carboxylic acids is 1. The highest BCUT2D eigenvalue weighted by atomic mass is 16.3. The minimum absolute atomic E-state index is 0.164. The Hall–Kier alpha value is -1.19. The lowest BCUT2D eigenvalue weighted by Crippen LogP contribution is -2.46. The molecule has 2 unspecified atom stereocenters. The molecular formula is C17H23NO2. The second kappa shape index (κ2) is 5.66. The predicted molar refractivity (Wildman–Crippen MR) is 78.9 cm³/mol. The van der Waals surface area contributed by atoms with Crippen LogP contribution in [0.4, 0.5) is 0 Å². The van der Waals surface area contributed by atoms with Gasteiger partial charge in [-0.05, 0) is 37.7 Å². The maximum absolute atomic E-state index is 12.4. The van der Waals surface area contributed by atoms with Crippen LogP contribution in [0.1, 0.15) is 48.5 Å². The average molecular weight is 273 g/mol. The Balaban J connectivity index is 1.67. The first kappa shape index (κ1) is 13.8. The third kappa shape index (κ3) is 2.65. The van der Waals surface area contributed by atoms with Crippen molar-refractivity contribution in [3.63, 3.8) is 0 Å². The smallest absolute Gasteiger partial charge is 0.176 e. The van der Waals surface area contributed by atoms with Crippen molar-refractivity contribution in [2.45, 2.75) is 57.2 Å². The molecule has 0 radical (unpaired) electrons. The summed E-state index contributed by atoms with van der Waals surface area (Å²) in [5, 5.41) is 9.81. The Morgan fingerprint density at radius 2 is 1.80 bits per heavy atom. The molecule has 0 spiro atoms. The van der Waals surface area contributed by atoms with Crippen LogP contribution < -0.4 is 0 Å². The molecule has 0 amide bonds. The van der Waals surface area contributed by atoms with Crippen molar-refractivity contribution in [2.24, 2.45) is 0 Å². The van der Waals surface area contributed by atoms with E-state index in [0.29, 0.717) is 18.6 Å². The van der Waals surface area contributed by atoms with Crippen LogP contribution in [0.2, 0.25) is 0 Å². The molecule has 2 fully saturated rings. The van der Waals surface area contributed by atoms with Crippen molar-refractivity contribution in [1.29, 1.82) is 0 Å². The van der Waals surface area contributed by atoms with E-state index in [-0.39, 0.29) is 11.9 Å². The minimum Gasteiger partial charge on any atom is -0.393 e. The molecule has 0 aliphatic carbocycles. The van der Waals surface area contributed by atoms with Crippen molar-refractivity contribution in [2.75, 3.05) is 6.54 Å².